The lowest BCUT2D eigenvalue weighted by atomic mass is 9.71. The molecule has 0 amide bonds. The van der Waals surface area contributed by atoms with Gasteiger partial charge in [-0.15, -0.1) is 0 Å². The van der Waals surface area contributed by atoms with Gasteiger partial charge < -0.3 is 0 Å². The zero-order chi connectivity index (χ0) is 16.3. The van der Waals surface area contributed by atoms with E-state index in [9.17, 15) is 0 Å². The van der Waals surface area contributed by atoms with Gasteiger partial charge in [0.05, 0.1) is 0 Å². The van der Waals surface area contributed by atoms with Crippen LogP contribution in [0.3, 0.4) is 0 Å². The molecule has 2 aliphatic carbocycles. The quantitative estimate of drug-likeness (QED) is 0.552. The van der Waals surface area contributed by atoms with Gasteiger partial charge in [0.1, 0.15) is 0 Å². The minimum atomic E-state index is 0.637. The molecule has 0 saturated heterocycles. The van der Waals surface area contributed by atoms with Crippen molar-refractivity contribution in [3.05, 3.63) is 35.4 Å². The first-order chi connectivity index (χ1) is 11.1. The van der Waals surface area contributed by atoms with Crippen molar-refractivity contribution in [1.82, 2.24) is 0 Å². The van der Waals surface area contributed by atoms with E-state index in [-0.39, 0.29) is 0 Å². The van der Waals surface area contributed by atoms with E-state index in [1.807, 2.05) is 0 Å². The van der Waals surface area contributed by atoms with Gasteiger partial charge in [0.25, 0.3) is 0 Å². The van der Waals surface area contributed by atoms with Crippen LogP contribution in [-0.4, -0.2) is 0 Å². The molecule has 1 aromatic carbocycles. The summed E-state index contributed by atoms with van der Waals surface area (Å²) in [5.74, 6) is 2.99. The normalized spacial score (nSPS) is 34.7. The summed E-state index contributed by atoms with van der Waals surface area (Å²) < 4.78 is 0. The molecule has 0 N–H and O–H groups in total. The van der Waals surface area contributed by atoms with Crippen molar-refractivity contribution in [3.63, 3.8) is 0 Å². The lowest BCUT2D eigenvalue weighted by Gasteiger charge is -2.34. The van der Waals surface area contributed by atoms with E-state index >= 15 is 0 Å². The van der Waals surface area contributed by atoms with Gasteiger partial charge in [-0.25, -0.2) is 0 Å². The molecule has 2 unspecified atom stereocenters. The molecule has 2 saturated carbocycles. The zero-order valence-corrected chi connectivity index (χ0v) is 15.6. The van der Waals surface area contributed by atoms with E-state index < -0.39 is 0 Å². The van der Waals surface area contributed by atoms with Gasteiger partial charge in [-0.2, -0.15) is 0 Å². The van der Waals surface area contributed by atoms with Crippen molar-refractivity contribution in [2.75, 3.05) is 0 Å². The molecule has 0 heteroatoms. The van der Waals surface area contributed by atoms with Gasteiger partial charge in [-0.1, -0.05) is 75.8 Å². The van der Waals surface area contributed by atoms with Gasteiger partial charge in [0.15, 0.2) is 0 Å². The summed E-state index contributed by atoms with van der Waals surface area (Å²) in [5, 5.41) is 0. The smallest absolute Gasteiger partial charge is 0.0250 e. The average molecular weight is 313 g/mol. The molecule has 2 fully saturated rings. The van der Waals surface area contributed by atoms with Crippen LogP contribution in [-0.2, 0) is 6.42 Å². The topological polar surface area (TPSA) is 0 Å². The van der Waals surface area contributed by atoms with Crippen molar-refractivity contribution in [1.29, 1.82) is 0 Å². The molecular formula is C23H36. The molecule has 0 aromatic heterocycles. The lowest BCUT2D eigenvalue weighted by Crippen LogP contribution is -2.22. The van der Waals surface area contributed by atoms with Crippen LogP contribution in [0.4, 0.5) is 0 Å². The van der Waals surface area contributed by atoms with Gasteiger partial charge >= 0.3 is 0 Å². The maximum atomic E-state index is 2.59. The van der Waals surface area contributed by atoms with E-state index in [1.165, 1.54) is 69.8 Å². The molecule has 0 radical (unpaired) electrons. The molecule has 1 aromatic rings. The Bertz CT molecular complexity index is 495. The third-order valence-electron chi connectivity index (χ3n) is 6.87. The minimum absolute atomic E-state index is 0.637. The Labute approximate surface area is 144 Å². The summed E-state index contributed by atoms with van der Waals surface area (Å²) in [4.78, 5) is 0. The molecule has 0 spiro atoms. The predicted molar refractivity (Wildman–Crippen MR) is 101 cm³/mol. The van der Waals surface area contributed by atoms with Gasteiger partial charge in [-0.05, 0) is 67.8 Å². The Morgan fingerprint density at radius 3 is 2.43 bits per heavy atom. The Morgan fingerprint density at radius 1 is 1.00 bits per heavy atom. The summed E-state index contributed by atoms with van der Waals surface area (Å²) >= 11 is 0. The monoisotopic (exact) mass is 312 g/mol. The third kappa shape index (κ3) is 4.61. The summed E-state index contributed by atoms with van der Waals surface area (Å²) in [6, 6.07) is 9.16. The summed E-state index contributed by atoms with van der Waals surface area (Å²) in [7, 11) is 0. The van der Waals surface area contributed by atoms with Crippen LogP contribution < -0.4 is 0 Å². The second kappa shape index (κ2) is 7.41. The Kier molecular flexibility index (Phi) is 5.49. The Morgan fingerprint density at radius 2 is 1.74 bits per heavy atom. The van der Waals surface area contributed by atoms with E-state index in [1.54, 1.807) is 5.56 Å². The number of benzene rings is 1. The third-order valence-corrected chi connectivity index (χ3v) is 6.87. The van der Waals surface area contributed by atoms with Crippen molar-refractivity contribution in [2.24, 2.45) is 23.2 Å². The van der Waals surface area contributed by atoms with Crippen molar-refractivity contribution >= 4 is 0 Å². The molecule has 2 atom stereocenters. The standard InChI is InChI=1S/C23H36/c1-4-19-8-10-20(11-9-19)16-23(3)13-12-22(17-23)15-21-7-5-6-18(2)14-21/h5-7,14,19-20,22H,4,8-13,15-17H2,1-3H3. The van der Waals surface area contributed by atoms with Gasteiger partial charge in [0.2, 0.25) is 0 Å². The highest BCUT2D eigenvalue weighted by atomic mass is 14.4. The SMILES string of the molecule is CCC1CCC(CC2(C)CCC(Cc3cccc(C)c3)C2)CC1. The summed E-state index contributed by atoms with van der Waals surface area (Å²) in [5.41, 5.74) is 3.61. The second-order valence-electron chi connectivity index (χ2n) is 9.11. The largest absolute Gasteiger partial charge is 0.0651 e. The van der Waals surface area contributed by atoms with Crippen LogP contribution in [0.15, 0.2) is 24.3 Å². The first kappa shape index (κ1) is 17.1. The van der Waals surface area contributed by atoms with Gasteiger partial charge in [-0.3, -0.25) is 0 Å². The van der Waals surface area contributed by atoms with Crippen LogP contribution in [0.5, 0.6) is 0 Å². The number of hydrogen-bond acceptors (Lipinski definition) is 0. The number of hydrogen-bond donors (Lipinski definition) is 0. The summed E-state index contributed by atoms with van der Waals surface area (Å²) in [6.45, 7) is 7.18. The Hall–Kier alpha value is -0.780. The fourth-order valence-electron chi connectivity index (χ4n) is 5.53. The fraction of sp³-hybridized carbons (Fsp3) is 0.739. The highest BCUT2D eigenvalue weighted by Gasteiger charge is 2.37. The second-order valence-corrected chi connectivity index (χ2v) is 9.11. The van der Waals surface area contributed by atoms with Crippen molar-refractivity contribution in [2.45, 2.75) is 85.0 Å². The van der Waals surface area contributed by atoms with E-state index in [4.69, 9.17) is 0 Å². The molecule has 0 bridgehead atoms. The van der Waals surface area contributed by atoms with Gasteiger partial charge in [0, 0.05) is 0 Å². The van der Waals surface area contributed by atoms with Crippen LogP contribution in [0, 0.1) is 30.1 Å². The molecule has 3 rings (SSSR count). The first-order valence-electron chi connectivity index (χ1n) is 10.1. The molecular weight excluding hydrogens is 276 g/mol. The lowest BCUT2D eigenvalue weighted by molar-refractivity contribution is 0.176. The predicted octanol–water partition coefficient (Wildman–Crippen LogP) is 6.95. The number of aryl methyl sites for hydroxylation is 1. The molecule has 128 valence electrons. The minimum Gasteiger partial charge on any atom is -0.0651 e. The van der Waals surface area contributed by atoms with E-state index in [2.05, 4.69) is 45.0 Å². The zero-order valence-electron chi connectivity index (χ0n) is 15.6. The highest BCUT2D eigenvalue weighted by Crippen LogP contribution is 2.49. The van der Waals surface area contributed by atoms with Crippen LogP contribution in [0.25, 0.3) is 0 Å². The van der Waals surface area contributed by atoms with Crippen molar-refractivity contribution in [3.8, 4) is 0 Å². The van der Waals surface area contributed by atoms with E-state index in [0.29, 0.717) is 5.41 Å². The average Bonchev–Trinajstić information content (AvgIpc) is 2.89. The molecule has 2 aliphatic rings. The maximum absolute atomic E-state index is 2.59. The summed E-state index contributed by atoms with van der Waals surface area (Å²) in [6.07, 6.45) is 14.6. The van der Waals surface area contributed by atoms with Crippen molar-refractivity contribution < 1.29 is 0 Å². The van der Waals surface area contributed by atoms with Crippen LogP contribution in [0.2, 0.25) is 0 Å². The maximum Gasteiger partial charge on any atom is -0.0250 e. The van der Waals surface area contributed by atoms with Crippen LogP contribution in [0.1, 0.15) is 82.8 Å². The fourth-order valence-corrected chi connectivity index (χ4v) is 5.53. The Balaban J connectivity index is 1.50. The highest BCUT2D eigenvalue weighted by molar-refractivity contribution is 5.22. The number of rotatable bonds is 5. The van der Waals surface area contributed by atoms with E-state index in [0.717, 1.165) is 17.8 Å². The first-order valence-corrected chi connectivity index (χ1v) is 10.1. The molecule has 23 heavy (non-hydrogen) atoms. The molecule has 0 aliphatic heterocycles. The molecule has 0 nitrogen and oxygen atoms in total. The molecule has 0 heterocycles. The van der Waals surface area contributed by atoms with Crippen LogP contribution >= 0.6 is 0 Å².